The molecule has 6 heteroatoms. The van der Waals surface area contributed by atoms with Crippen molar-refractivity contribution >= 4 is 15.8 Å². The molecule has 2 N–H and O–H groups in total. The highest BCUT2D eigenvalue weighted by molar-refractivity contribution is 7.91. The summed E-state index contributed by atoms with van der Waals surface area (Å²) in [6.45, 7) is 3.27. The van der Waals surface area contributed by atoms with Crippen molar-refractivity contribution in [2.75, 3.05) is 19.3 Å². The van der Waals surface area contributed by atoms with Crippen LogP contribution in [0.1, 0.15) is 17.5 Å². The molecule has 2 aromatic rings. The molecular formula is C19H25N3O2S. The fourth-order valence-corrected chi connectivity index (χ4v) is 3.78. The van der Waals surface area contributed by atoms with Gasteiger partial charge in [0.15, 0.2) is 15.8 Å². The predicted octanol–water partition coefficient (Wildman–Crippen LogP) is 2.52. The first kappa shape index (κ1) is 19.0. The van der Waals surface area contributed by atoms with Crippen molar-refractivity contribution in [2.45, 2.75) is 24.8 Å². The Labute approximate surface area is 150 Å². The lowest BCUT2D eigenvalue weighted by Crippen LogP contribution is -2.37. The van der Waals surface area contributed by atoms with Gasteiger partial charge < -0.3 is 10.6 Å². The average molecular weight is 359 g/mol. The van der Waals surface area contributed by atoms with Crippen LogP contribution in [0.3, 0.4) is 0 Å². The van der Waals surface area contributed by atoms with Gasteiger partial charge in [-0.2, -0.15) is 0 Å². The number of hydrogen-bond donors (Lipinski definition) is 2. The monoisotopic (exact) mass is 359 g/mol. The molecule has 0 aliphatic rings. The lowest BCUT2D eigenvalue weighted by Gasteiger charge is -2.12. The number of aryl methyl sites for hydroxylation is 1. The molecule has 0 unspecified atom stereocenters. The fraction of sp³-hybridized carbons (Fsp3) is 0.316. The normalized spacial score (nSPS) is 12.0. The Morgan fingerprint density at radius 2 is 1.80 bits per heavy atom. The maximum atomic E-state index is 12.2. The van der Waals surface area contributed by atoms with Crippen molar-refractivity contribution < 1.29 is 8.42 Å². The first-order chi connectivity index (χ1) is 12.0. The molecule has 0 bridgehead atoms. The van der Waals surface area contributed by atoms with E-state index >= 15 is 0 Å². The second-order valence-electron chi connectivity index (χ2n) is 5.83. The summed E-state index contributed by atoms with van der Waals surface area (Å²) in [6, 6.07) is 16.8. The van der Waals surface area contributed by atoms with Crippen molar-refractivity contribution in [3.8, 4) is 0 Å². The highest BCUT2D eigenvalue weighted by atomic mass is 32.2. The van der Waals surface area contributed by atoms with E-state index in [0.717, 1.165) is 0 Å². The average Bonchev–Trinajstić information content (AvgIpc) is 2.62. The maximum absolute atomic E-state index is 12.2. The summed E-state index contributed by atoms with van der Waals surface area (Å²) in [5, 5.41) is 6.38. The maximum Gasteiger partial charge on any atom is 0.191 e. The van der Waals surface area contributed by atoms with Crippen molar-refractivity contribution in [1.29, 1.82) is 0 Å². The molecule has 0 radical (unpaired) electrons. The van der Waals surface area contributed by atoms with E-state index in [1.807, 2.05) is 12.1 Å². The van der Waals surface area contributed by atoms with Gasteiger partial charge >= 0.3 is 0 Å². The molecule has 0 aromatic heterocycles. The van der Waals surface area contributed by atoms with Crippen LogP contribution in [0.5, 0.6) is 0 Å². The third-order valence-corrected chi connectivity index (χ3v) is 5.57. The van der Waals surface area contributed by atoms with Crippen LogP contribution >= 0.6 is 0 Å². The molecule has 0 fully saturated rings. The van der Waals surface area contributed by atoms with Gasteiger partial charge in [0, 0.05) is 20.1 Å². The molecule has 0 atom stereocenters. The van der Waals surface area contributed by atoms with Gasteiger partial charge in [-0.15, -0.1) is 0 Å². The van der Waals surface area contributed by atoms with Gasteiger partial charge in [-0.25, -0.2) is 8.42 Å². The van der Waals surface area contributed by atoms with Gasteiger partial charge in [-0.05, 0) is 31.0 Å². The molecule has 0 saturated carbocycles. The van der Waals surface area contributed by atoms with E-state index in [-0.39, 0.29) is 5.75 Å². The van der Waals surface area contributed by atoms with Gasteiger partial charge in [-0.3, -0.25) is 4.99 Å². The number of benzene rings is 2. The van der Waals surface area contributed by atoms with E-state index < -0.39 is 9.84 Å². The zero-order valence-corrected chi connectivity index (χ0v) is 15.5. The Bertz CT molecular complexity index is 802. The van der Waals surface area contributed by atoms with Crippen LogP contribution in [0.2, 0.25) is 0 Å². The van der Waals surface area contributed by atoms with Crippen molar-refractivity contribution in [1.82, 2.24) is 10.6 Å². The summed E-state index contributed by atoms with van der Waals surface area (Å²) < 4.78 is 24.4. The molecule has 0 aliphatic carbocycles. The summed E-state index contributed by atoms with van der Waals surface area (Å²) in [4.78, 5) is 4.53. The highest BCUT2D eigenvalue weighted by Gasteiger charge is 2.13. The number of aliphatic imine (C=N–C) groups is 1. The SMILES string of the molecule is CN=C(NCCCS(=O)(=O)c1ccccc1)NCc1cccc(C)c1. The molecule has 134 valence electrons. The summed E-state index contributed by atoms with van der Waals surface area (Å²) >= 11 is 0. The Morgan fingerprint density at radius 1 is 1.04 bits per heavy atom. The number of sulfone groups is 1. The van der Waals surface area contributed by atoms with E-state index in [0.29, 0.717) is 30.4 Å². The summed E-state index contributed by atoms with van der Waals surface area (Å²) in [5.41, 5.74) is 2.39. The summed E-state index contributed by atoms with van der Waals surface area (Å²) in [5.74, 6) is 0.775. The largest absolute Gasteiger partial charge is 0.356 e. The zero-order valence-electron chi connectivity index (χ0n) is 14.7. The van der Waals surface area contributed by atoms with Crippen LogP contribution in [0.4, 0.5) is 0 Å². The third-order valence-electron chi connectivity index (χ3n) is 3.75. The second kappa shape index (κ2) is 9.22. The minimum Gasteiger partial charge on any atom is -0.356 e. The molecule has 0 heterocycles. The lowest BCUT2D eigenvalue weighted by atomic mass is 10.1. The molecule has 25 heavy (non-hydrogen) atoms. The smallest absolute Gasteiger partial charge is 0.191 e. The Balaban J connectivity index is 1.76. The molecule has 5 nitrogen and oxygen atoms in total. The standard InChI is InChI=1S/C19H25N3O2S/c1-16-8-6-9-17(14-16)15-22-19(20-2)21-12-7-13-25(23,24)18-10-4-3-5-11-18/h3-6,8-11,14H,7,12-13,15H2,1-2H3,(H2,20,21,22). The van der Waals surface area contributed by atoms with E-state index in [1.54, 1.807) is 31.3 Å². The van der Waals surface area contributed by atoms with Crippen molar-refractivity contribution in [3.05, 3.63) is 65.7 Å². The molecule has 0 aliphatic heterocycles. The van der Waals surface area contributed by atoms with Crippen molar-refractivity contribution in [2.24, 2.45) is 4.99 Å². The Morgan fingerprint density at radius 3 is 2.48 bits per heavy atom. The Kier molecular flexibility index (Phi) is 7.01. The predicted molar refractivity (Wildman–Crippen MR) is 102 cm³/mol. The minimum atomic E-state index is -3.23. The molecule has 2 rings (SSSR count). The molecule has 0 saturated heterocycles. The lowest BCUT2D eigenvalue weighted by molar-refractivity contribution is 0.592. The first-order valence-electron chi connectivity index (χ1n) is 8.29. The number of hydrogen-bond acceptors (Lipinski definition) is 3. The van der Waals surface area contributed by atoms with E-state index in [2.05, 4.69) is 40.7 Å². The van der Waals surface area contributed by atoms with E-state index in [9.17, 15) is 8.42 Å². The fourth-order valence-electron chi connectivity index (χ4n) is 2.44. The summed E-state index contributed by atoms with van der Waals surface area (Å²) in [7, 11) is -1.52. The second-order valence-corrected chi connectivity index (χ2v) is 7.94. The van der Waals surface area contributed by atoms with Gasteiger partial charge in [0.1, 0.15) is 0 Å². The number of rotatable bonds is 7. The van der Waals surface area contributed by atoms with Gasteiger partial charge in [0.25, 0.3) is 0 Å². The van der Waals surface area contributed by atoms with Gasteiger partial charge in [0.2, 0.25) is 0 Å². The van der Waals surface area contributed by atoms with Crippen LogP contribution in [-0.4, -0.2) is 33.7 Å². The number of guanidine groups is 1. The van der Waals surface area contributed by atoms with Crippen LogP contribution in [0.15, 0.2) is 64.5 Å². The quantitative estimate of drug-likeness (QED) is 0.453. The van der Waals surface area contributed by atoms with E-state index in [4.69, 9.17) is 0 Å². The van der Waals surface area contributed by atoms with Crippen molar-refractivity contribution in [3.63, 3.8) is 0 Å². The van der Waals surface area contributed by atoms with Crippen LogP contribution in [0, 0.1) is 6.92 Å². The molecule has 0 spiro atoms. The topological polar surface area (TPSA) is 70.6 Å². The zero-order chi connectivity index (χ0) is 18.1. The Hall–Kier alpha value is -2.34. The van der Waals surface area contributed by atoms with Crippen LogP contribution in [-0.2, 0) is 16.4 Å². The first-order valence-corrected chi connectivity index (χ1v) is 9.94. The molecular weight excluding hydrogens is 334 g/mol. The third kappa shape index (κ3) is 6.23. The minimum absolute atomic E-state index is 0.110. The molecule has 0 amide bonds. The summed E-state index contributed by atoms with van der Waals surface area (Å²) in [6.07, 6.45) is 0.516. The van der Waals surface area contributed by atoms with Gasteiger partial charge in [0.05, 0.1) is 10.6 Å². The van der Waals surface area contributed by atoms with Gasteiger partial charge in [-0.1, -0.05) is 48.0 Å². The number of nitrogens with zero attached hydrogens (tertiary/aromatic N) is 1. The highest BCUT2D eigenvalue weighted by Crippen LogP contribution is 2.10. The van der Waals surface area contributed by atoms with Crippen LogP contribution < -0.4 is 10.6 Å². The van der Waals surface area contributed by atoms with E-state index in [1.165, 1.54) is 11.1 Å². The number of nitrogens with one attached hydrogen (secondary N) is 2. The van der Waals surface area contributed by atoms with Crippen LogP contribution in [0.25, 0.3) is 0 Å². The molecule has 2 aromatic carbocycles.